The molecule has 16 heavy (non-hydrogen) atoms. The zero-order chi connectivity index (χ0) is 11.7. The van der Waals surface area contributed by atoms with Crippen molar-refractivity contribution in [3.8, 4) is 5.69 Å². The molecule has 2 aromatic rings. The molecule has 0 aliphatic rings. The third kappa shape index (κ3) is 1.86. The summed E-state index contributed by atoms with van der Waals surface area (Å²) in [5, 5.41) is 10.7. The Balaban J connectivity index is 2.61. The molecule has 5 heteroatoms. The fourth-order valence-electron chi connectivity index (χ4n) is 1.63. The highest BCUT2D eigenvalue weighted by Crippen LogP contribution is 2.29. The Hall–Kier alpha value is -1.62. The average molecular weight is 281 g/mol. The molecule has 0 fully saturated rings. The molecule has 0 spiro atoms. The summed E-state index contributed by atoms with van der Waals surface area (Å²) in [6.07, 6.45) is 3.80. The summed E-state index contributed by atoms with van der Waals surface area (Å²) < 4.78 is 2.64. The molecule has 0 radical (unpaired) electrons. The lowest BCUT2D eigenvalue weighted by Gasteiger charge is -2.09. The summed E-state index contributed by atoms with van der Waals surface area (Å²) in [4.78, 5) is 10.3. The van der Waals surface area contributed by atoms with E-state index in [1.165, 1.54) is 6.07 Å². The molecule has 0 N–H and O–H groups in total. The van der Waals surface area contributed by atoms with Gasteiger partial charge in [-0.15, -0.1) is 0 Å². The number of nitro benzene ring substituents is 1. The van der Waals surface area contributed by atoms with Crippen LogP contribution in [0.4, 0.5) is 5.69 Å². The lowest BCUT2D eigenvalue weighted by Crippen LogP contribution is -1.97. The smallest absolute Gasteiger partial charge is 0.270 e. The van der Waals surface area contributed by atoms with E-state index in [0.717, 1.165) is 15.7 Å². The van der Waals surface area contributed by atoms with Gasteiger partial charge < -0.3 is 4.57 Å². The second-order valence-electron chi connectivity index (χ2n) is 3.44. The van der Waals surface area contributed by atoms with Gasteiger partial charge >= 0.3 is 0 Å². The van der Waals surface area contributed by atoms with E-state index < -0.39 is 4.92 Å². The SMILES string of the molecule is Cc1cc([N+](=O)[O-])cc(Br)c1-n1cccc1. The molecule has 0 saturated heterocycles. The summed E-state index contributed by atoms with van der Waals surface area (Å²) >= 11 is 3.36. The molecule has 0 saturated carbocycles. The third-order valence-corrected chi connectivity index (χ3v) is 2.92. The van der Waals surface area contributed by atoms with Gasteiger partial charge in [0, 0.05) is 29.0 Å². The van der Waals surface area contributed by atoms with Crippen LogP contribution < -0.4 is 0 Å². The van der Waals surface area contributed by atoms with Crippen molar-refractivity contribution in [3.05, 3.63) is 56.8 Å². The first kappa shape index (κ1) is 10.9. The van der Waals surface area contributed by atoms with E-state index in [0.29, 0.717) is 0 Å². The largest absolute Gasteiger partial charge is 0.323 e. The van der Waals surface area contributed by atoms with Crippen molar-refractivity contribution in [3.63, 3.8) is 0 Å². The minimum absolute atomic E-state index is 0.0975. The highest BCUT2D eigenvalue weighted by atomic mass is 79.9. The van der Waals surface area contributed by atoms with Gasteiger partial charge in [0.15, 0.2) is 0 Å². The Labute approximate surface area is 101 Å². The Kier molecular flexibility index (Phi) is 2.78. The van der Waals surface area contributed by atoms with Crippen molar-refractivity contribution < 1.29 is 4.92 Å². The topological polar surface area (TPSA) is 48.1 Å². The van der Waals surface area contributed by atoms with Gasteiger partial charge in [-0.3, -0.25) is 10.1 Å². The molecule has 0 bridgehead atoms. The fraction of sp³-hybridized carbons (Fsp3) is 0.0909. The summed E-state index contributed by atoms with van der Waals surface area (Å²) in [6, 6.07) is 6.91. The zero-order valence-corrected chi connectivity index (χ0v) is 10.1. The standard InChI is InChI=1S/C11H9BrN2O2/c1-8-6-9(14(15)16)7-10(12)11(8)13-4-2-3-5-13/h2-7H,1H3. The van der Waals surface area contributed by atoms with Gasteiger partial charge in [0.25, 0.3) is 5.69 Å². The second-order valence-corrected chi connectivity index (χ2v) is 4.29. The average Bonchev–Trinajstić information content (AvgIpc) is 2.69. The van der Waals surface area contributed by atoms with Crippen LogP contribution in [0.1, 0.15) is 5.56 Å². The number of halogens is 1. The van der Waals surface area contributed by atoms with E-state index in [-0.39, 0.29) is 5.69 Å². The Morgan fingerprint density at radius 2 is 1.94 bits per heavy atom. The molecule has 0 aliphatic carbocycles. The number of aryl methyl sites for hydroxylation is 1. The number of aromatic nitrogens is 1. The molecule has 82 valence electrons. The molecule has 0 amide bonds. The predicted octanol–water partition coefficient (Wildman–Crippen LogP) is 3.46. The van der Waals surface area contributed by atoms with Crippen molar-refractivity contribution in [1.82, 2.24) is 4.57 Å². The van der Waals surface area contributed by atoms with Crippen molar-refractivity contribution in [2.75, 3.05) is 0 Å². The van der Waals surface area contributed by atoms with Gasteiger partial charge in [-0.1, -0.05) is 0 Å². The number of rotatable bonds is 2. The fourth-order valence-corrected chi connectivity index (χ4v) is 2.39. The van der Waals surface area contributed by atoms with Crippen LogP contribution in [-0.4, -0.2) is 9.49 Å². The molecule has 1 aromatic heterocycles. The monoisotopic (exact) mass is 280 g/mol. The molecule has 2 rings (SSSR count). The highest BCUT2D eigenvalue weighted by Gasteiger charge is 2.13. The second kappa shape index (κ2) is 4.09. The van der Waals surface area contributed by atoms with Crippen LogP contribution in [-0.2, 0) is 0 Å². The lowest BCUT2D eigenvalue weighted by molar-refractivity contribution is -0.385. The van der Waals surface area contributed by atoms with Crippen molar-refractivity contribution >= 4 is 21.6 Å². The number of hydrogen-bond acceptors (Lipinski definition) is 2. The summed E-state index contributed by atoms with van der Waals surface area (Å²) in [5.74, 6) is 0. The minimum atomic E-state index is -0.392. The van der Waals surface area contributed by atoms with E-state index in [1.807, 2.05) is 36.0 Å². The van der Waals surface area contributed by atoms with Crippen LogP contribution in [0.5, 0.6) is 0 Å². The molecule has 0 atom stereocenters. The molecule has 4 nitrogen and oxygen atoms in total. The first-order valence-electron chi connectivity index (χ1n) is 4.67. The van der Waals surface area contributed by atoms with E-state index in [2.05, 4.69) is 15.9 Å². The molecule has 1 heterocycles. The van der Waals surface area contributed by atoms with Crippen molar-refractivity contribution in [1.29, 1.82) is 0 Å². The van der Waals surface area contributed by atoms with Gasteiger partial charge in [-0.25, -0.2) is 0 Å². The molecular weight excluding hydrogens is 272 g/mol. The molecule has 0 aliphatic heterocycles. The van der Waals surface area contributed by atoms with Gasteiger partial charge in [0.1, 0.15) is 0 Å². The minimum Gasteiger partial charge on any atom is -0.323 e. The first-order valence-corrected chi connectivity index (χ1v) is 5.47. The van der Waals surface area contributed by atoms with Crippen LogP contribution >= 0.6 is 15.9 Å². The van der Waals surface area contributed by atoms with Gasteiger partial charge in [-0.2, -0.15) is 0 Å². The Morgan fingerprint density at radius 3 is 2.44 bits per heavy atom. The first-order chi connectivity index (χ1) is 7.59. The van der Waals surface area contributed by atoms with Crippen LogP contribution in [0.25, 0.3) is 5.69 Å². The zero-order valence-electron chi connectivity index (χ0n) is 8.55. The lowest BCUT2D eigenvalue weighted by atomic mass is 10.2. The van der Waals surface area contributed by atoms with Crippen LogP contribution in [0, 0.1) is 17.0 Å². The Bertz CT molecular complexity index is 512. The summed E-state index contributed by atoms with van der Waals surface area (Å²) in [5.41, 5.74) is 1.88. The van der Waals surface area contributed by atoms with Crippen molar-refractivity contribution in [2.24, 2.45) is 0 Å². The summed E-state index contributed by atoms with van der Waals surface area (Å²) in [7, 11) is 0. The van der Waals surface area contributed by atoms with Gasteiger partial charge in [0.05, 0.1) is 10.6 Å². The number of hydrogen-bond donors (Lipinski definition) is 0. The molecular formula is C11H9BrN2O2. The van der Waals surface area contributed by atoms with Gasteiger partial charge in [0.2, 0.25) is 0 Å². The maximum absolute atomic E-state index is 10.7. The van der Waals surface area contributed by atoms with Crippen LogP contribution in [0.3, 0.4) is 0 Å². The normalized spacial score (nSPS) is 10.4. The van der Waals surface area contributed by atoms with Crippen LogP contribution in [0.2, 0.25) is 0 Å². The number of nitro groups is 1. The van der Waals surface area contributed by atoms with Crippen LogP contribution in [0.15, 0.2) is 41.1 Å². The molecule has 1 aromatic carbocycles. The third-order valence-electron chi connectivity index (χ3n) is 2.31. The quantitative estimate of drug-likeness (QED) is 0.625. The Morgan fingerprint density at radius 1 is 1.31 bits per heavy atom. The maximum atomic E-state index is 10.7. The number of benzene rings is 1. The van der Waals surface area contributed by atoms with E-state index in [9.17, 15) is 10.1 Å². The van der Waals surface area contributed by atoms with Gasteiger partial charge in [-0.05, 0) is 40.5 Å². The van der Waals surface area contributed by atoms with Crippen molar-refractivity contribution in [2.45, 2.75) is 6.92 Å². The molecule has 0 unspecified atom stereocenters. The predicted molar refractivity (Wildman–Crippen MR) is 64.9 cm³/mol. The van der Waals surface area contributed by atoms with E-state index in [4.69, 9.17) is 0 Å². The summed E-state index contributed by atoms with van der Waals surface area (Å²) in [6.45, 7) is 1.85. The number of nitrogens with zero attached hydrogens (tertiary/aromatic N) is 2. The number of non-ortho nitro benzene ring substituents is 1. The van der Waals surface area contributed by atoms with E-state index >= 15 is 0 Å². The van der Waals surface area contributed by atoms with E-state index in [1.54, 1.807) is 6.07 Å². The maximum Gasteiger partial charge on any atom is 0.270 e. The highest BCUT2D eigenvalue weighted by molar-refractivity contribution is 9.10.